The Morgan fingerprint density at radius 2 is 0.667 bits per heavy atom. The molecule has 0 saturated carbocycles. The predicted octanol–water partition coefficient (Wildman–Crippen LogP) is 7.69. The molecule has 0 spiro atoms. The summed E-state index contributed by atoms with van der Waals surface area (Å²) in [5, 5.41) is 7.98. The minimum Gasteiger partial charge on any atom is -0.310 e. The third-order valence-electron chi connectivity index (χ3n) is 8.18. The number of nitrogens with zero attached hydrogens (tertiary/aromatic N) is 1. The Labute approximate surface area is 249 Å². The van der Waals surface area contributed by atoms with Gasteiger partial charge < -0.3 is 4.90 Å². The fourth-order valence-corrected chi connectivity index (χ4v) is 11.0. The molecule has 200 valence electrons. The molecule has 0 radical (unpaired) electrons. The minimum absolute atomic E-state index is 1.14. The third-order valence-corrected chi connectivity index (χ3v) is 13.0. The van der Waals surface area contributed by atoms with Crippen molar-refractivity contribution < 1.29 is 0 Å². The van der Waals surface area contributed by atoms with Crippen LogP contribution in [0.3, 0.4) is 0 Å². The Kier molecular flexibility index (Phi) is 6.97. The van der Waals surface area contributed by atoms with E-state index in [4.69, 9.17) is 0 Å². The summed E-state index contributed by atoms with van der Waals surface area (Å²) in [5.74, 6) is 0. The molecule has 0 N–H and O–H groups in total. The molecule has 0 atom stereocenters. The van der Waals surface area contributed by atoms with E-state index in [1.807, 2.05) is 0 Å². The number of hydrogen-bond donors (Lipinski definition) is 0. The third kappa shape index (κ3) is 4.62. The average molecular weight is 554 g/mol. The van der Waals surface area contributed by atoms with Crippen molar-refractivity contribution in [1.82, 2.24) is 0 Å². The second-order valence-corrected chi connectivity index (χ2v) is 14.4. The van der Waals surface area contributed by atoms with Crippen LogP contribution in [0.2, 0.25) is 0 Å². The lowest BCUT2D eigenvalue weighted by molar-refractivity contribution is 1.29. The van der Waals surface area contributed by atoms with Gasteiger partial charge in [-0.1, -0.05) is 152 Å². The predicted molar refractivity (Wildman–Crippen MR) is 182 cm³/mol. The number of anilines is 3. The van der Waals surface area contributed by atoms with Gasteiger partial charge in [0, 0.05) is 17.1 Å². The zero-order chi connectivity index (χ0) is 28.2. The fraction of sp³-hybridized carbons (Fsp3) is 0. The van der Waals surface area contributed by atoms with Gasteiger partial charge in [0.15, 0.2) is 8.07 Å². The molecule has 0 bridgehead atoms. The molecule has 0 aliphatic rings. The van der Waals surface area contributed by atoms with Gasteiger partial charge in [-0.3, -0.25) is 0 Å². The van der Waals surface area contributed by atoms with Gasteiger partial charge in [0.1, 0.15) is 0 Å². The Bertz CT molecular complexity index is 1810. The van der Waals surface area contributed by atoms with Gasteiger partial charge >= 0.3 is 0 Å². The maximum absolute atomic E-state index is 2.57. The normalized spacial score (nSPS) is 11.3. The van der Waals surface area contributed by atoms with Crippen LogP contribution in [-0.4, -0.2) is 8.07 Å². The molecule has 42 heavy (non-hydrogen) atoms. The van der Waals surface area contributed by atoms with Gasteiger partial charge in [0.2, 0.25) is 0 Å². The molecular formula is C40H31NSi. The number of benzene rings is 7. The summed E-state index contributed by atoms with van der Waals surface area (Å²) >= 11 is 0. The topological polar surface area (TPSA) is 3.24 Å². The zero-order valence-electron chi connectivity index (χ0n) is 23.3. The van der Waals surface area contributed by atoms with Crippen LogP contribution in [-0.2, 0) is 0 Å². The molecule has 7 rings (SSSR count). The van der Waals surface area contributed by atoms with E-state index in [1.165, 1.54) is 31.5 Å². The quantitative estimate of drug-likeness (QED) is 0.145. The van der Waals surface area contributed by atoms with E-state index >= 15 is 0 Å². The van der Waals surface area contributed by atoms with E-state index < -0.39 is 8.07 Å². The fourth-order valence-electron chi connectivity index (χ4n) is 6.27. The highest BCUT2D eigenvalue weighted by atomic mass is 28.3. The van der Waals surface area contributed by atoms with E-state index in [9.17, 15) is 0 Å². The van der Waals surface area contributed by atoms with Gasteiger partial charge in [-0.15, -0.1) is 0 Å². The van der Waals surface area contributed by atoms with Crippen molar-refractivity contribution in [3.8, 4) is 0 Å². The van der Waals surface area contributed by atoms with Crippen LogP contribution in [0, 0.1) is 0 Å². The standard InChI is InChI=1S/C40H31NSi/c1-5-17-34(18-6-1)41(36-26-25-32-15-13-14-16-33(32)31-36)35-27-29-40(30-28-35)42(37-19-7-2-8-20-37,38-21-9-3-10-22-38)39-23-11-4-12-24-39/h1-31H. The molecular weight excluding hydrogens is 523 g/mol. The summed E-state index contributed by atoms with van der Waals surface area (Å²) < 4.78 is 0. The van der Waals surface area contributed by atoms with E-state index in [0.717, 1.165) is 17.1 Å². The number of fused-ring (bicyclic) bond motifs is 1. The van der Waals surface area contributed by atoms with E-state index in [0.29, 0.717) is 0 Å². The van der Waals surface area contributed by atoms with Crippen LogP contribution in [0.25, 0.3) is 10.8 Å². The Morgan fingerprint density at radius 3 is 1.19 bits per heavy atom. The van der Waals surface area contributed by atoms with Gasteiger partial charge in [-0.2, -0.15) is 0 Å². The minimum atomic E-state index is -2.57. The largest absolute Gasteiger partial charge is 0.310 e. The molecule has 1 nitrogen and oxygen atoms in total. The highest BCUT2D eigenvalue weighted by molar-refractivity contribution is 7.19. The highest BCUT2D eigenvalue weighted by Gasteiger charge is 2.41. The molecule has 0 aliphatic carbocycles. The first-order valence-corrected chi connectivity index (χ1v) is 16.5. The molecule has 7 aromatic rings. The van der Waals surface area contributed by atoms with Crippen molar-refractivity contribution in [2.45, 2.75) is 0 Å². The Hall–Kier alpha value is -5.18. The molecule has 7 aromatic carbocycles. The van der Waals surface area contributed by atoms with Crippen molar-refractivity contribution in [2.75, 3.05) is 4.90 Å². The van der Waals surface area contributed by atoms with Crippen molar-refractivity contribution in [3.05, 3.63) is 188 Å². The van der Waals surface area contributed by atoms with Crippen LogP contribution < -0.4 is 25.6 Å². The molecule has 2 heteroatoms. The summed E-state index contributed by atoms with van der Waals surface area (Å²) in [6.07, 6.45) is 0. The smallest absolute Gasteiger partial charge is 0.179 e. The second kappa shape index (κ2) is 11.4. The molecule has 0 heterocycles. The molecule has 0 unspecified atom stereocenters. The first kappa shape index (κ1) is 25.8. The van der Waals surface area contributed by atoms with Gasteiger partial charge in [-0.25, -0.2) is 0 Å². The number of rotatable bonds is 7. The monoisotopic (exact) mass is 553 g/mol. The zero-order valence-corrected chi connectivity index (χ0v) is 24.3. The van der Waals surface area contributed by atoms with Gasteiger partial charge in [0.25, 0.3) is 0 Å². The second-order valence-electron chi connectivity index (χ2n) is 10.6. The molecule has 0 fully saturated rings. The van der Waals surface area contributed by atoms with E-state index in [-0.39, 0.29) is 0 Å². The van der Waals surface area contributed by atoms with Crippen molar-refractivity contribution in [3.63, 3.8) is 0 Å². The molecule has 0 saturated heterocycles. The van der Waals surface area contributed by atoms with Crippen LogP contribution in [0.4, 0.5) is 17.1 Å². The first-order chi connectivity index (χ1) is 20.8. The van der Waals surface area contributed by atoms with Crippen molar-refractivity contribution in [1.29, 1.82) is 0 Å². The van der Waals surface area contributed by atoms with Crippen molar-refractivity contribution >= 4 is 56.7 Å². The number of hydrogen-bond acceptors (Lipinski definition) is 1. The Balaban J connectivity index is 1.43. The lowest BCUT2D eigenvalue weighted by Crippen LogP contribution is -2.74. The lowest BCUT2D eigenvalue weighted by atomic mass is 10.1. The summed E-state index contributed by atoms with van der Waals surface area (Å²) in [5.41, 5.74) is 3.42. The molecule has 0 amide bonds. The van der Waals surface area contributed by atoms with Crippen LogP contribution in [0.1, 0.15) is 0 Å². The van der Waals surface area contributed by atoms with Crippen LogP contribution in [0.15, 0.2) is 188 Å². The Morgan fingerprint density at radius 1 is 0.286 bits per heavy atom. The summed E-state index contributed by atoms with van der Waals surface area (Å²) in [6, 6.07) is 68.5. The number of para-hydroxylation sites is 1. The van der Waals surface area contributed by atoms with E-state index in [2.05, 4.69) is 193 Å². The highest BCUT2D eigenvalue weighted by Crippen LogP contribution is 2.35. The van der Waals surface area contributed by atoms with E-state index in [1.54, 1.807) is 0 Å². The maximum atomic E-state index is 2.37. The average Bonchev–Trinajstić information content (AvgIpc) is 3.08. The first-order valence-electron chi connectivity index (χ1n) is 14.5. The summed E-state index contributed by atoms with van der Waals surface area (Å²) in [6.45, 7) is 0. The lowest BCUT2D eigenvalue weighted by Gasteiger charge is -2.35. The summed E-state index contributed by atoms with van der Waals surface area (Å²) in [7, 11) is -2.57. The summed E-state index contributed by atoms with van der Waals surface area (Å²) in [4.78, 5) is 2.35. The molecule has 0 aliphatic heterocycles. The maximum Gasteiger partial charge on any atom is 0.179 e. The van der Waals surface area contributed by atoms with Gasteiger partial charge in [0.05, 0.1) is 0 Å². The molecule has 0 aromatic heterocycles. The van der Waals surface area contributed by atoms with Crippen molar-refractivity contribution in [2.24, 2.45) is 0 Å². The van der Waals surface area contributed by atoms with Crippen LogP contribution >= 0.6 is 0 Å². The SMILES string of the molecule is c1ccc(N(c2ccc([Si](c3ccccc3)(c3ccccc3)c3ccccc3)cc2)c2ccc3ccccc3c2)cc1. The van der Waals surface area contributed by atoms with Gasteiger partial charge in [-0.05, 0) is 67.9 Å². The van der Waals surface area contributed by atoms with Crippen LogP contribution in [0.5, 0.6) is 0 Å².